The third kappa shape index (κ3) is 6.20. The van der Waals surface area contributed by atoms with Crippen LogP contribution in [-0.4, -0.2) is 41.0 Å². The lowest BCUT2D eigenvalue weighted by Gasteiger charge is -2.02. The van der Waals surface area contributed by atoms with Gasteiger partial charge < -0.3 is 10.6 Å². The molecule has 0 aliphatic heterocycles. The van der Waals surface area contributed by atoms with Crippen molar-refractivity contribution in [2.24, 2.45) is 0 Å². The maximum atomic E-state index is 11.4. The molecule has 3 N–H and O–H groups in total. The molecule has 0 saturated carbocycles. The van der Waals surface area contributed by atoms with Crippen LogP contribution in [0.4, 0.5) is 9.93 Å². The number of anilines is 1. The predicted octanol–water partition coefficient (Wildman–Crippen LogP) is 1.07. The van der Waals surface area contributed by atoms with Gasteiger partial charge in [-0.15, -0.1) is 16.8 Å². The molecule has 1 aromatic rings. The van der Waals surface area contributed by atoms with Crippen LogP contribution in [0, 0.1) is 0 Å². The van der Waals surface area contributed by atoms with Gasteiger partial charge in [-0.2, -0.15) is 0 Å². The van der Waals surface area contributed by atoms with E-state index in [9.17, 15) is 9.59 Å². The summed E-state index contributed by atoms with van der Waals surface area (Å²) in [6.07, 6.45) is 1.72. The zero-order valence-electron chi connectivity index (χ0n) is 10.4. The fourth-order valence-electron chi connectivity index (χ4n) is 0.994. The fraction of sp³-hybridized carbons (Fsp3) is 0.400. The minimum atomic E-state index is -0.487. The van der Waals surface area contributed by atoms with E-state index >= 15 is 0 Å². The number of carbonyl (C=O) groups is 2. The van der Waals surface area contributed by atoms with Crippen LogP contribution in [0.5, 0.6) is 0 Å². The highest BCUT2D eigenvalue weighted by Crippen LogP contribution is 2.24. The Balaban J connectivity index is 2.31. The molecular weight excluding hydrogens is 286 g/mol. The smallest absolute Gasteiger partial charge is 0.321 e. The van der Waals surface area contributed by atoms with Crippen LogP contribution in [-0.2, 0) is 4.79 Å². The first-order valence-corrected chi connectivity index (χ1v) is 7.34. The first kappa shape index (κ1) is 15.4. The Morgan fingerprint density at radius 3 is 2.95 bits per heavy atom. The Bertz CT molecular complexity index is 449. The lowest BCUT2D eigenvalue weighted by Crippen LogP contribution is -2.40. The summed E-state index contributed by atoms with van der Waals surface area (Å²) in [6, 6.07) is -0.487. The molecule has 3 amide bonds. The second kappa shape index (κ2) is 8.48. The Kier molecular flexibility index (Phi) is 6.90. The van der Waals surface area contributed by atoms with E-state index in [0.717, 1.165) is 0 Å². The molecule has 7 nitrogen and oxygen atoms in total. The number of nitrogens with zero attached hydrogens (tertiary/aromatic N) is 2. The molecule has 0 bridgehead atoms. The Morgan fingerprint density at radius 2 is 2.26 bits per heavy atom. The average molecular weight is 301 g/mol. The van der Waals surface area contributed by atoms with Gasteiger partial charge in [0.1, 0.15) is 0 Å². The maximum Gasteiger partial charge on any atom is 0.321 e. The van der Waals surface area contributed by atoms with E-state index in [-0.39, 0.29) is 11.7 Å². The number of nitrogens with one attached hydrogen (secondary N) is 3. The van der Waals surface area contributed by atoms with Crippen molar-refractivity contribution in [3.05, 3.63) is 12.7 Å². The molecular formula is C10H15N5O2S2. The van der Waals surface area contributed by atoms with Crippen LogP contribution in [0.3, 0.4) is 0 Å². The summed E-state index contributed by atoms with van der Waals surface area (Å²) in [5.74, 6) is -0.250. The maximum absolute atomic E-state index is 11.4. The minimum absolute atomic E-state index is 0.118. The first-order valence-electron chi connectivity index (χ1n) is 5.54. The lowest BCUT2D eigenvalue weighted by molar-refractivity contribution is -0.117. The van der Waals surface area contributed by atoms with Crippen LogP contribution in [0.25, 0.3) is 0 Å². The number of amides is 3. The van der Waals surface area contributed by atoms with Crippen LogP contribution < -0.4 is 16.0 Å². The molecule has 0 saturated heterocycles. The van der Waals surface area contributed by atoms with Crippen molar-refractivity contribution >= 4 is 40.2 Å². The molecule has 9 heteroatoms. The average Bonchev–Trinajstić information content (AvgIpc) is 2.82. The van der Waals surface area contributed by atoms with E-state index in [4.69, 9.17) is 0 Å². The van der Waals surface area contributed by atoms with Crippen molar-refractivity contribution in [1.29, 1.82) is 0 Å². The lowest BCUT2D eigenvalue weighted by atomic mass is 10.6. The van der Waals surface area contributed by atoms with Crippen molar-refractivity contribution in [1.82, 2.24) is 20.8 Å². The fourth-order valence-corrected chi connectivity index (χ4v) is 2.55. The van der Waals surface area contributed by atoms with Gasteiger partial charge in [-0.1, -0.05) is 29.2 Å². The Morgan fingerprint density at radius 1 is 1.47 bits per heavy atom. The highest BCUT2D eigenvalue weighted by molar-refractivity contribution is 8.01. The Labute approximate surface area is 119 Å². The van der Waals surface area contributed by atoms with Gasteiger partial charge in [-0.05, 0) is 6.92 Å². The summed E-state index contributed by atoms with van der Waals surface area (Å²) in [5, 5.41) is 16.2. The molecule has 104 valence electrons. The number of imide groups is 1. The number of urea groups is 1. The zero-order valence-corrected chi connectivity index (χ0v) is 12.1. The first-order chi connectivity index (χ1) is 9.15. The molecule has 1 heterocycles. The molecule has 0 atom stereocenters. The number of aromatic nitrogens is 2. The van der Waals surface area contributed by atoms with Gasteiger partial charge in [0.2, 0.25) is 11.0 Å². The highest BCUT2D eigenvalue weighted by Gasteiger charge is 2.10. The van der Waals surface area contributed by atoms with Crippen LogP contribution in [0.15, 0.2) is 17.0 Å². The monoisotopic (exact) mass is 301 g/mol. The van der Waals surface area contributed by atoms with E-state index in [1.807, 2.05) is 0 Å². The molecule has 0 aromatic carbocycles. The zero-order chi connectivity index (χ0) is 14.1. The molecule has 1 rings (SSSR count). The number of hydrogen-bond donors (Lipinski definition) is 3. The van der Waals surface area contributed by atoms with Crippen LogP contribution in [0.2, 0.25) is 0 Å². The topological polar surface area (TPSA) is 96.0 Å². The summed E-state index contributed by atoms with van der Waals surface area (Å²) in [4.78, 5) is 22.5. The second-order valence-electron chi connectivity index (χ2n) is 3.24. The standard InChI is InChI=1S/C10H15N5O2S2/c1-3-5-12-9-14-15-10(19-9)18-6-7(16)13-8(17)11-4-2/h3H,1,4-6H2,2H3,(H,12,14)(H2,11,13,16,17). The largest absolute Gasteiger partial charge is 0.357 e. The normalized spacial score (nSPS) is 9.74. The van der Waals surface area contributed by atoms with E-state index < -0.39 is 6.03 Å². The molecule has 0 unspecified atom stereocenters. The van der Waals surface area contributed by atoms with Gasteiger partial charge in [0.25, 0.3) is 0 Å². The third-order valence-electron chi connectivity index (χ3n) is 1.72. The molecule has 0 fully saturated rings. The molecule has 0 spiro atoms. The van der Waals surface area contributed by atoms with Crippen molar-refractivity contribution in [3.8, 4) is 0 Å². The van der Waals surface area contributed by atoms with Crippen molar-refractivity contribution in [3.63, 3.8) is 0 Å². The van der Waals surface area contributed by atoms with Gasteiger partial charge in [0.05, 0.1) is 5.75 Å². The van der Waals surface area contributed by atoms with Gasteiger partial charge >= 0.3 is 6.03 Å². The molecule has 0 aliphatic carbocycles. The minimum Gasteiger partial charge on any atom is -0.357 e. The quantitative estimate of drug-likeness (QED) is 0.515. The molecule has 1 aromatic heterocycles. The predicted molar refractivity (Wildman–Crippen MR) is 76.5 cm³/mol. The van der Waals surface area contributed by atoms with Crippen LogP contribution in [0.1, 0.15) is 6.92 Å². The molecule has 19 heavy (non-hydrogen) atoms. The van der Waals surface area contributed by atoms with Gasteiger partial charge in [0.15, 0.2) is 4.34 Å². The van der Waals surface area contributed by atoms with E-state index in [0.29, 0.717) is 22.6 Å². The van der Waals surface area contributed by atoms with E-state index in [2.05, 4.69) is 32.7 Å². The van der Waals surface area contributed by atoms with Gasteiger partial charge in [-0.3, -0.25) is 10.1 Å². The molecule has 0 radical (unpaired) electrons. The van der Waals surface area contributed by atoms with Gasteiger partial charge in [-0.25, -0.2) is 4.79 Å². The summed E-state index contributed by atoms with van der Waals surface area (Å²) < 4.78 is 0.664. The van der Waals surface area contributed by atoms with Crippen LogP contribution >= 0.6 is 23.1 Å². The van der Waals surface area contributed by atoms with E-state index in [1.54, 1.807) is 13.0 Å². The summed E-state index contributed by atoms with van der Waals surface area (Å²) >= 11 is 2.58. The third-order valence-corrected chi connectivity index (χ3v) is 3.74. The summed E-state index contributed by atoms with van der Waals surface area (Å²) in [5.41, 5.74) is 0. The van der Waals surface area contributed by atoms with Crippen molar-refractivity contribution < 1.29 is 9.59 Å². The van der Waals surface area contributed by atoms with Gasteiger partial charge in [0, 0.05) is 13.1 Å². The Hall–Kier alpha value is -1.61. The van der Waals surface area contributed by atoms with Crippen molar-refractivity contribution in [2.45, 2.75) is 11.3 Å². The number of rotatable bonds is 7. The molecule has 0 aliphatic rings. The second-order valence-corrected chi connectivity index (χ2v) is 5.44. The van der Waals surface area contributed by atoms with E-state index in [1.165, 1.54) is 23.1 Å². The van der Waals surface area contributed by atoms with Crippen molar-refractivity contribution in [2.75, 3.05) is 24.2 Å². The highest BCUT2D eigenvalue weighted by atomic mass is 32.2. The summed E-state index contributed by atoms with van der Waals surface area (Å²) in [6.45, 7) is 6.44. The number of carbonyl (C=O) groups excluding carboxylic acids is 2. The number of thioether (sulfide) groups is 1. The summed E-state index contributed by atoms with van der Waals surface area (Å²) in [7, 11) is 0. The number of hydrogen-bond acceptors (Lipinski definition) is 7. The SMILES string of the molecule is C=CCNc1nnc(SCC(=O)NC(=O)NCC)s1.